The molecule has 1 aromatic carbocycles. The van der Waals surface area contributed by atoms with Gasteiger partial charge < -0.3 is 20.7 Å². The number of ether oxygens (including phenoxy) is 1. The predicted molar refractivity (Wildman–Crippen MR) is 107 cm³/mol. The Bertz CT molecular complexity index is 660. The fraction of sp³-hybridized carbons (Fsp3) is 0.619. The van der Waals surface area contributed by atoms with Crippen LogP contribution in [-0.2, 0) is 9.59 Å². The maximum Gasteiger partial charge on any atom is 0.263 e. The van der Waals surface area contributed by atoms with Gasteiger partial charge in [0.2, 0.25) is 5.91 Å². The van der Waals surface area contributed by atoms with E-state index >= 15 is 0 Å². The number of likely N-dealkylation sites (tertiary alicyclic amines) is 1. The van der Waals surface area contributed by atoms with E-state index in [0.717, 1.165) is 18.4 Å². The van der Waals surface area contributed by atoms with Crippen molar-refractivity contribution in [2.24, 2.45) is 11.7 Å². The standard InChI is InChI=1S/C21H33N3O3/c1-14(2)19-8-7-18(12-15(19)3)27-16(4)21(26)24-11-5-6-17(13-24)20(25)23-10-9-22/h7-8,12,14,16-17H,5-6,9-11,13,22H2,1-4H3,(H,23,25). The second kappa shape index (κ2) is 9.74. The van der Waals surface area contributed by atoms with Gasteiger partial charge in [0, 0.05) is 26.2 Å². The van der Waals surface area contributed by atoms with E-state index in [4.69, 9.17) is 10.5 Å². The molecule has 1 heterocycles. The van der Waals surface area contributed by atoms with Crippen molar-refractivity contribution >= 4 is 11.8 Å². The van der Waals surface area contributed by atoms with E-state index in [1.54, 1.807) is 11.8 Å². The van der Waals surface area contributed by atoms with Gasteiger partial charge in [-0.3, -0.25) is 9.59 Å². The first-order chi connectivity index (χ1) is 12.8. The number of carbonyl (C=O) groups excluding carboxylic acids is 2. The second-order valence-corrected chi connectivity index (χ2v) is 7.64. The normalized spacial score (nSPS) is 18.3. The Labute approximate surface area is 162 Å². The average molecular weight is 376 g/mol. The molecule has 2 amide bonds. The third kappa shape index (κ3) is 5.70. The van der Waals surface area contributed by atoms with E-state index in [-0.39, 0.29) is 17.7 Å². The molecular formula is C21H33N3O3. The summed E-state index contributed by atoms with van der Waals surface area (Å²) in [7, 11) is 0. The van der Waals surface area contributed by atoms with Crippen LogP contribution in [0.1, 0.15) is 50.7 Å². The van der Waals surface area contributed by atoms with Gasteiger partial charge in [-0.1, -0.05) is 19.9 Å². The monoisotopic (exact) mass is 375 g/mol. The summed E-state index contributed by atoms with van der Waals surface area (Å²) in [6.45, 7) is 10.1. The van der Waals surface area contributed by atoms with Gasteiger partial charge in [0.25, 0.3) is 5.91 Å². The van der Waals surface area contributed by atoms with Gasteiger partial charge in [-0.15, -0.1) is 0 Å². The molecule has 1 aliphatic rings. The third-order valence-electron chi connectivity index (χ3n) is 5.07. The minimum absolute atomic E-state index is 0.0218. The predicted octanol–water partition coefficient (Wildman–Crippen LogP) is 2.20. The molecule has 1 saturated heterocycles. The lowest BCUT2D eigenvalue weighted by molar-refractivity contribution is -0.141. The van der Waals surface area contributed by atoms with E-state index in [9.17, 15) is 9.59 Å². The highest BCUT2D eigenvalue weighted by Crippen LogP contribution is 2.25. The summed E-state index contributed by atoms with van der Waals surface area (Å²) >= 11 is 0. The topological polar surface area (TPSA) is 84.7 Å². The number of amides is 2. The first-order valence-corrected chi connectivity index (χ1v) is 9.87. The maximum absolute atomic E-state index is 12.8. The van der Waals surface area contributed by atoms with Crippen LogP contribution in [0.2, 0.25) is 0 Å². The lowest BCUT2D eigenvalue weighted by Crippen LogP contribution is -2.49. The molecule has 3 N–H and O–H groups in total. The molecular weight excluding hydrogens is 342 g/mol. The summed E-state index contributed by atoms with van der Waals surface area (Å²) in [5.74, 6) is 0.887. The van der Waals surface area contributed by atoms with E-state index in [2.05, 4.69) is 32.2 Å². The van der Waals surface area contributed by atoms with Crippen molar-refractivity contribution < 1.29 is 14.3 Å². The minimum atomic E-state index is -0.583. The van der Waals surface area contributed by atoms with Gasteiger partial charge in [-0.2, -0.15) is 0 Å². The van der Waals surface area contributed by atoms with Crippen LogP contribution in [-0.4, -0.2) is 49.0 Å². The van der Waals surface area contributed by atoms with Crippen LogP contribution in [0.25, 0.3) is 0 Å². The third-order valence-corrected chi connectivity index (χ3v) is 5.07. The van der Waals surface area contributed by atoms with Crippen LogP contribution >= 0.6 is 0 Å². The number of benzene rings is 1. The molecule has 2 unspecified atom stereocenters. The second-order valence-electron chi connectivity index (χ2n) is 7.64. The largest absolute Gasteiger partial charge is 0.481 e. The highest BCUT2D eigenvalue weighted by atomic mass is 16.5. The molecule has 0 spiro atoms. The number of nitrogens with two attached hydrogens (primary N) is 1. The van der Waals surface area contributed by atoms with Crippen molar-refractivity contribution in [2.75, 3.05) is 26.2 Å². The highest BCUT2D eigenvalue weighted by molar-refractivity contribution is 5.83. The SMILES string of the molecule is Cc1cc(OC(C)C(=O)N2CCCC(C(=O)NCCN)C2)ccc1C(C)C. The van der Waals surface area contributed by atoms with Crippen LogP contribution in [0, 0.1) is 12.8 Å². The molecule has 27 heavy (non-hydrogen) atoms. The molecule has 0 aromatic heterocycles. The van der Waals surface area contributed by atoms with Crippen molar-refractivity contribution in [2.45, 2.75) is 52.6 Å². The van der Waals surface area contributed by atoms with E-state index < -0.39 is 6.10 Å². The van der Waals surface area contributed by atoms with Crippen molar-refractivity contribution in [3.63, 3.8) is 0 Å². The fourth-order valence-electron chi connectivity index (χ4n) is 3.61. The van der Waals surface area contributed by atoms with E-state index in [1.807, 2.05) is 12.1 Å². The molecule has 0 radical (unpaired) electrons. The zero-order valence-corrected chi connectivity index (χ0v) is 17.0. The number of carbonyl (C=O) groups is 2. The molecule has 1 fully saturated rings. The summed E-state index contributed by atoms with van der Waals surface area (Å²) in [4.78, 5) is 26.7. The number of rotatable bonds is 7. The van der Waals surface area contributed by atoms with Crippen molar-refractivity contribution in [1.29, 1.82) is 0 Å². The zero-order valence-electron chi connectivity index (χ0n) is 17.0. The highest BCUT2D eigenvalue weighted by Gasteiger charge is 2.31. The Morgan fingerprint density at radius 3 is 2.70 bits per heavy atom. The molecule has 6 nitrogen and oxygen atoms in total. The fourth-order valence-corrected chi connectivity index (χ4v) is 3.61. The summed E-state index contributed by atoms with van der Waals surface area (Å²) in [6.07, 6.45) is 1.03. The number of piperidine rings is 1. The van der Waals surface area contributed by atoms with Gasteiger partial charge in [0.15, 0.2) is 6.10 Å². The Kier molecular flexibility index (Phi) is 7.66. The Morgan fingerprint density at radius 1 is 1.33 bits per heavy atom. The number of nitrogens with zero attached hydrogens (tertiary/aromatic N) is 1. The molecule has 2 rings (SSSR count). The summed E-state index contributed by atoms with van der Waals surface area (Å²) in [6, 6.07) is 5.97. The maximum atomic E-state index is 12.8. The molecule has 1 aromatic rings. The van der Waals surface area contributed by atoms with Gasteiger partial charge in [0.05, 0.1) is 5.92 Å². The minimum Gasteiger partial charge on any atom is -0.481 e. The molecule has 150 valence electrons. The number of hydrogen-bond donors (Lipinski definition) is 2. The Hall–Kier alpha value is -2.08. The van der Waals surface area contributed by atoms with Crippen LogP contribution in [0.4, 0.5) is 0 Å². The first-order valence-electron chi connectivity index (χ1n) is 9.87. The number of aryl methyl sites for hydroxylation is 1. The zero-order chi connectivity index (χ0) is 20.0. The number of nitrogens with one attached hydrogen (secondary N) is 1. The summed E-state index contributed by atoms with van der Waals surface area (Å²) < 4.78 is 5.90. The van der Waals surface area contributed by atoms with Crippen molar-refractivity contribution in [3.8, 4) is 5.75 Å². The first kappa shape index (κ1) is 21.2. The quantitative estimate of drug-likeness (QED) is 0.765. The van der Waals surface area contributed by atoms with E-state index in [0.29, 0.717) is 37.8 Å². The molecule has 2 atom stereocenters. The molecule has 0 bridgehead atoms. The molecule has 1 aliphatic heterocycles. The lowest BCUT2D eigenvalue weighted by Gasteiger charge is -2.33. The van der Waals surface area contributed by atoms with Crippen LogP contribution < -0.4 is 15.8 Å². The Morgan fingerprint density at radius 2 is 2.07 bits per heavy atom. The van der Waals surface area contributed by atoms with Gasteiger partial charge in [-0.25, -0.2) is 0 Å². The molecule has 6 heteroatoms. The lowest BCUT2D eigenvalue weighted by atomic mass is 9.96. The van der Waals surface area contributed by atoms with Crippen molar-refractivity contribution in [1.82, 2.24) is 10.2 Å². The molecule has 0 aliphatic carbocycles. The smallest absolute Gasteiger partial charge is 0.263 e. The van der Waals surface area contributed by atoms with Gasteiger partial charge in [-0.05, 0) is 55.9 Å². The van der Waals surface area contributed by atoms with Crippen LogP contribution in [0.3, 0.4) is 0 Å². The van der Waals surface area contributed by atoms with Crippen molar-refractivity contribution in [3.05, 3.63) is 29.3 Å². The van der Waals surface area contributed by atoms with Crippen LogP contribution in [0.15, 0.2) is 18.2 Å². The number of hydrogen-bond acceptors (Lipinski definition) is 4. The average Bonchev–Trinajstić information content (AvgIpc) is 2.65. The molecule has 0 saturated carbocycles. The van der Waals surface area contributed by atoms with Crippen LogP contribution in [0.5, 0.6) is 5.75 Å². The Balaban J connectivity index is 1.96. The summed E-state index contributed by atoms with van der Waals surface area (Å²) in [5.41, 5.74) is 7.88. The van der Waals surface area contributed by atoms with Gasteiger partial charge in [0.1, 0.15) is 5.75 Å². The van der Waals surface area contributed by atoms with E-state index in [1.165, 1.54) is 5.56 Å². The summed E-state index contributed by atoms with van der Waals surface area (Å²) in [5, 5.41) is 2.82. The van der Waals surface area contributed by atoms with Gasteiger partial charge >= 0.3 is 0 Å².